The standard InChI is InChI=1S/C8H14F4S/c1-7(2,10)5-8(11,12)6(3-9)4-13/h6,13H,3-5H2,1-2H3. The van der Waals surface area contributed by atoms with Crippen LogP contribution in [0.3, 0.4) is 0 Å². The molecule has 0 aliphatic rings. The molecule has 0 rings (SSSR count). The van der Waals surface area contributed by atoms with Crippen LogP contribution in [0.2, 0.25) is 0 Å². The van der Waals surface area contributed by atoms with E-state index < -0.39 is 30.6 Å². The summed E-state index contributed by atoms with van der Waals surface area (Å²) in [7, 11) is 0. The van der Waals surface area contributed by atoms with Gasteiger partial charge >= 0.3 is 0 Å². The molecule has 0 aromatic heterocycles. The zero-order valence-corrected chi connectivity index (χ0v) is 8.55. The van der Waals surface area contributed by atoms with Crippen molar-refractivity contribution in [3.05, 3.63) is 0 Å². The predicted molar refractivity (Wildman–Crippen MR) is 48.1 cm³/mol. The lowest BCUT2D eigenvalue weighted by molar-refractivity contribution is -0.0926. The van der Waals surface area contributed by atoms with Crippen LogP contribution in [-0.2, 0) is 0 Å². The molecule has 0 aliphatic carbocycles. The van der Waals surface area contributed by atoms with E-state index in [0.717, 1.165) is 13.8 Å². The van der Waals surface area contributed by atoms with E-state index in [1.54, 1.807) is 0 Å². The highest BCUT2D eigenvalue weighted by Crippen LogP contribution is 2.35. The fraction of sp³-hybridized carbons (Fsp3) is 1.00. The molecule has 0 nitrogen and oxygen atoms in total. The number of rotatable bonds is 5. The molecule has 0 fully saturated rings. The summed E-state index contributed by atoms with van der Waals surface area (Å²) in [5, 5.41) is 0. The maximum atomic E-state index is 13.1. The van der Waals surface area contributed by atoms with Crippen molar-refractivity contribution in [1.82, 2.24) is 0 Å². The third-order valence-corrected chi connectivity index (χ3v) is 2.10. The van der Waals surface area contributed by atoms with E-state index in [9.17, 15) is 17.6 Å². The molecule has 0 aromatic carbocycles. The van der Waals surface area contributed by atoms with Crippen molar-refractivity contribution in [2.45, 2.75) is 31.9 Å². The zero-order valence-electron chi connectivity index (χ0n) is 7.66. The van der Waals surface area contributed by atoms with Gasteiger partial charge in [0.2, 0.25) is 0 Å². The molecule has 5 heteroatoms. The van der Waals surface area contributed by atoms with Gasteiger partial charge in [-0.2, -0.15) is 12.6 Å². The topological polar surface area (TPSA) is 0 Å². The second-order valence-electron chi connectivity index (χ2n) is 3.69. The molecule has 0 bridgehead atoms. The quantitative estimate of drug-likeness (QED) is 0.531. The van der Waals surface area contributed by atoms with Crippen molar-refractivity contribution in [3.63, 3.8) is 0 Å². The van der Waals surface area contributed by atoms with Crippen molar-refractivity contribution >= 4 is 12.6 Å². The van der Waals surface area contributed by atoms with E-state index in [-0.39, 0.29) is 5.75 Å². The molecule has 0 spiro atoms. The van der Waals surface area contributed by atoms with Crippen molar-refractivity contribution in [2.75, 3.05) is 12.4 Å². The Bertz CT molecular complexity index is 149. The first-order valence-corrected chi connectivity index (χ1v) is 4.60. The number of thiol groups is 1. The minimum Gasteiger partial charge on any atom is -0.251 e. The van der Waals surface area contributed by atoms with Gasteiger partial charge in [-0.1, -0.05) is 0 Å². The molecule has 0 heterocycles. The van der Waals surface area contributed by atoms with Crippen LogP contribution in [0.25, 0.3) is 0 Å². The molecule has 0 aliphatic heterocycles. The lowest BCUT2D eigenvalue weighted by atomic mass is 9.94. The van der Waals surface area contributed by atoms with Gasteiger partial charge in [0.25, 0.3) is 5.92 Å². The lowest BCUT2D eigenvalue weighted by Crippen LogP contribution is -2.37. The Kier molecular flexibility index (Phi) is 4.55. The van der Waals surface area contributed by atoms with Crippen LogP contribution >= 0.6 is 12.6 Å². The number of hydrogen-bond donors (Lipinski definition) is 1. The molecule has 1 atom stereocenters. The van der Waals surface area contributed by atoms with Gasteiger partial charge in [-0.3, -0.25) is 4.39 Å². The Labute approximate surface area is 81.1 Å². The minimum atomic E-state index is -3.32. The second kappa shape index (κ2) is 4.53. The van der Waals surface area contributed by atoms with Crippen LogP contribution < -0.4 is 0 Å². The third kappa shape index (κ3) is 4.74. The van der Waals surface area contributed by atoms with E-state index in [4.69, 9.17) is 0 Å². The van der Waals surface area contributed by atoms with Crippen molar-refractivity contribution in [1.29, 1.82) is 0 Å². The highest BCUT2D eigenvalue weighted by Gasteiger charge is 2.43. The van der Waals surface area contributed by atoms with Crippen LogP contribution in [0.5, 0.6) is 0 Å². The summed E-state index contributed by atoms with van der Waals surface area (Å²) in [4.78, 5) is 0. The third-order valence-electron chi connectivity index (χ3n) is 1.66. The average Bonchev–Trinajstić information content (AvgIpc) is 1.83. The number of hydrogen-bond acceptors (Lipinski definition) is 1. The summed E-state index contributed by atoms with van der Waals surface area (Å²) in [6, 6.07) is 0. The number of halogens is 4. The van der Waals surface area contributed by atoms with Gasteiger partial charge in [-0.05, 0) is 13.8 Å². The highest BCUT2D eigenvalue weighted by molar-refractivity contribution is 7.80. The van der Waals surface area contributed by atoms with E-state index in [1.807, 2.05) is 0 Å². The monoisotopic (exact) mass is 218 g/mol. The van der Waals surface area contributed by atoms with Crippen LogP contribution in [-0.4, -0.2) is 24.0 Å². The van der Waals surface area contributed by atoms with Crippen LogP contribution in [0.1, 0.15) is 20.3 Å². The number of alkyl halides is 4. The summed E-state index contributed by atoms with van der Waals surface area (Å²) in [6.07, 6.45) is -0.963. The first-order chi connectivity index (χ1) is 5.73. The highest BCUT2D eigenvalue weighted by atomic mass is 32.1. The van der Waals surface area contributed by atoms with E-state index in [0.29, 0.717) is 0 Å². The van der Waals surface area contributed by atoms with Gasteiger partial charge in [0.05, 0.1) is 12.6 Å². The maximum Gasteiger partial charge on any atom is 0.257 e. The molecular weight excluding hydrogens is 204 g/mol. The molecule has 0 saturated heterocycles. The molecule has 0 aromatic rings. The Morgan fingerprint density at radius 1 is 1.23 bits per heavy atom. The molecule has 1 unspecified atom stereocenters. The Hall–Kier alpha value is 0.0700. The maximum absolute atomic E-state index is 13.1. The smallest absolute Gasteiger partial charge is 0.251 e. The molecule has 0 amide bonds. The van der Waals surface area contributed by atoms with Gasteiger partial charge in [0.15, 0.2) is 0 Å². The van der Waals surface area contributed by atoms with Crippen molar-refractivity contribution < 1.29 is 17.6 Å². The molecule has 13 heavy (non-hydrogen) atoms. The lowest BCUT2D eigenvalue weighted by Gasteiger charge is -2.27. The molecule has 0 saturated carbocycles. The van der Waals surface area contributed by atoms with Gasteiger partial charge < -0.3 is 0 Å². The second-order valence-corrected chi connectivity index (χ2v) is 4.06. The minimum absolute atomic E-state index is 0.278. The normalized spacial score (nSPS) is 15.9. The van der Waals surface area contributed by atoms with E-state index in [1.165, 1.54) is 0 Å². The average molecular weight is 218 g/mol. The van der Waals surface area contributed by atoms with Crippen molar-refractivity contribution in [3.8, 4) is 0 Å². The van der Waals surface area contributed by atoms with Crippen LogP contribution in [0.4, 0.5) is 17.6 Å². The molecule has 80 valence electrons. The van der Waals surface area contributed by atoms with Crippen LogP contribution in [0, 0.1) is 5.92 Å². The van der Waals surface area contributed by atoms with E-state index in [2.05, 4.69) is 12.6 Å². The molecule has 0 N–H and O–H groups in total. The Morgan fingerprint density at radius 3 is 1.92 bits per heavy atom. The van der Waals surface area contributed by atoms with Gasteiger partial charge in [-0.15, -0.1) is 0 Å². The van der Waals surface area contributed by atoms with Gasteiger partial charge in [-0.25, -0.2) is 13.2 Å². The zero-order chi connectivity index (χ0) is 10.7. The molecule has 0 radical (unpaired) electrons. The summed E-state index contributed by atoms with van der Waals surface area (Å²) in [5.41, 5.74) is -1.99. The fourth-order valence-corrected chi connectivity index (χ4v) is 1.36. The SMILES string of the molecule is CC(C)(F)CC(F)(F)C(CF)CS. The summed E-state index contributed by atoms with van der Waals surface area (Å²) >= 11 is 3.60. The summed E-state index contributed by atoms with van der Waals surface area (Å²) in [6.45, 7) is 0.927. The summed E-state index contributed by atoms with van der Waals surface area (Å²) < 4.78 is 51.1. The van der Waals surface area contributed by atoms with Gasteiger partial charge in [0.1, 0.15) is 5.67 Å². The van der Waals surface area contributed by atoms with E-state index >= 15 is 0 Å². The fourth-order valence-electron chi connectivity index (χ4n) is 1.00. The Morgan fingerprint density at radius 2 is 1.69 bits per heavy atom. The first kappa shape index (κ1) is 13.1. The van der Waals surface area contributed by atoms with Crippen molar-refractivity contribution in [2.24, 2.45) is 5.92 Å². The van der Waals surface area contributed by atoms with Gasteiger partial charge in [0, 0.05) is 12.2 Å². The first-order valence-electron chi connectivity index (χ1n) is 3.96. The van der Waals surface area contributed by atoms with Crippen LogP contribution in [0.15, 0.2) is 0 Å². The molecular formula is C8H14F4S. The largest absolute Gasteiger partial charge is 0.257 e. The predicted octanol–water partition coefficient (Wildman–Crippen LogP) is 3.28. The Balaban J connectivity index is 4.36. The summed E-state index contributed by atoms with van der Waals surface area (Å²) in [5.74, 6) is -5.10.